The van der Waals surface area contributed by atoms with Crippen LogP contribution < -0.4 is 20.1 Å². The standard InChI is InChI=1S/C25H31N5O4S/c1-5-30-22(14-26-23(31)15-34-20-11-9-18(10-12-20)17(2)3)28-29-25(30)35-16-24(32)27-19-7-6-8-21(13-19)33-4/h6-13,17H,5,14-16H2,1-4H3,(H,26,31)(H,27,32). The molecular formula is C25H31N5O4S. The first-order valence-corrected chi connectivity index (χ1v) is 12.4. The van der Waals surface area contributed by atoms with Crippen LogP contribution in [0.2, 0.25) is 0 Å². The number of hydrogen-bond acceptors (Lipinski definition) is 7. The number of aromatic nitrogens is 3. The van der Waals surface area contributed by atoms with Gasteiger partial charge in [0.1, 0.15) is 11.5 Å². The maximum atomic E-state index is 12.3. The molecule has 0 bridgehead atoms. The fourth-order valence-corrected chi connectivity index (χ4v) is 4.05. The van der Waals surface area contributed by atoms with Gasteiger partial charge in [-0.25, -0.2) is 0 Å². The minimum Gasteiger partial charge on any atom is -0.497 e. The van der Waals surface area contributed by atoms with Gasteiger partial charge in [0.15, 0.2) is 17.6 Å². The number of nitrogens with zero attached hydrogens (tertiary/aromatic N) is 3. The zero-order valence-corrected chi connectivity index (χ0v) is 21.2. The SMILES string of the molecule is CCn1c(CNC(=O)COc2ccc(C(C)C)cc2)nnc1SCC(=O)Nc1cccc(OC)c1. The Bertz CT molecular complexity index is 1130. The quantitative estimate of drug-likeness (QED) is 0.366. The molecule has 0 atom stereocenters. The fraction of sp³-hybridized carbons (Fsp3) is 0.360. The van der Waals surface area contributed by atoms with E-state index in [1.165, 1.54) is 17.3 Å². The van der Waals surface area contributed by atoms with E-state index in [1.54, 1.807) is 19.2 Å². The molecule has 0 fully saturated rings. The van der Waals surface area contributed by atoms with E-state index in [0.29, 0.717) is 40.6 Å². The van der Waals surface area contributed by atoms with E-state index in [4.69, 9.17) is 9.47 Å². The molecule has 0 aliphatic rings. The van der Waals surface area contributed by atoms with E-state index in [9.17, 15) is 9.59 Å². The lowest BCUT2D eigenvalue weighted by atomic mass is 10.0. The number of carbonyl (C=O) groups excluding carboxylic acids is 2. The summed E-state index contributed by atoms with van der Waals surface area (Å²) in [6, 6.07) is 14.9. The first kappa shape index (κ1) is 26.1. The molecule has 0 spiro atoms. The number of thioether (sulfide) groups is 1. The molecule has 186 valence electrons. The van der Waals surface area contributed by atoms with Crippen LogP contribution in [0.15, 0.2) is 53.7 Å². The van der Waals surface area contributed by atoms with Gasteiger partial charge >= 0.3 is 0 Å². The molecule has 3 rings (SSSR count). The molecule has 0 radical (unpaired) electrons. The molecule has 0 saturated heterocycles. The number of methoxy groups -OCH3 is 1. The zero-order chi connectivity index (χ0) is 25.2. The Kier molecular flexibility index (Phi) is 9.54. The average Bonchev–Trinajstić information content (AvgIpc) is 3.27. The molecule has 0 unspecified atom stereocenters. The summed E-state index contributed by atoms with van der Waals surface area (Å²) >= 11 is 1.28. The van der Waals surface area contributed by atoms with Crippen LogP contribution in [-0.4, -0.2) is 46.0 Å². The van der Waals surface area contributed by atoms with E-state index < -0.39 is 0 Å². The Morgan fingerprint density at radius 3 is 2.51 bits per heavy atom. The molecule has 2 aromatic carbocycles. The summed E-state index contributed by atoms with van der Waals surface area (Å²) in [5.74, 6) is 2.12. The van der Waals surface area contributed by atoms with Crippen molar-refractivity contribution in [2.75, 3.05) is 24.8 Å². The zero-order valence-electron chi connectivity index (χ0n) is 20.4. The molecule has 0 aliphatic heterocycles. The number of hydrogen-bond donors (Lipinski definition) is 2. The van der Waals surface area contributed by atoms with Crippen LogP contribution in [0.3, 0.4) is 0 Å². The highest BCUT2D eigenvalue weighted by atomic mass is 32.2. The Morgan fingerprint density at radius 1 is 1.06 bits per heavy atom. The van der Waals surface area contributed by atoms with Crippen LogP contribution in [0, 0.1) is 0 Å². The van der Waals surface area contributed by atoms with Crippen molar-refractivity contribution in [3.63, 3.8) is 0 Å². The van der Waals surface area contributed by atoms with Crippen molar-refractivity contribution in [1.29, 1.82) is 0 Å². The highest BCUT2D eigenvalue weighted by Gasteiger charge is 2.14. The lowest BCUT2D eigenvalue weighted by molar-refractivity contribution is -0.123. The number of anilines is 1. The summed E-state index contributed by atoms with van der Waals surface area (Å²) in [7, 11) is 1.58. The van der Waals surface area contributed by atoms with Crippen molar-refractivity contribution in [2.24, 2.45) is 0 Å². The van der Waals surface area contributed by atoms with E-state index in [0.717, 1.165) is 0 Å². The van der Waals surface area contributed by atoms with E-state index in [-0.39, 0.29) is 30.7 Å². The first-order valence-electron chi connectivity index (χ1n) is 11.4. The lowest BCUT2D eigenvalue weighted by Crippen LogP contribution is -2.29. The van der Waals surface area contributed by atoms with Crippen molar-refractivity contribution in [3.8, 4) is 11.5 Å². The second-order valence-corrected chi connectivity index (χ2v) is 8.94. The number of carbonyl (C=O) groups is 2. The second-order valence-electron chi connectivity index (χ2n) is 8.00. The van der Waals surface area contributed by atoms with Crippen molar-refractivity contribution in [2.45, 2.75) is 44.9 Å². The van der Waals surface area contributed by atoms with Gasteiger partial charge in [0.05, 0.1) is 19.4 Å². The maximum absolute atomic E-state index is 12.3. The Labute approximate surface area is 209 Å². The molecule has 35 heavy (non-hydrogen) atoms. The number of rotatable bonds is 12. The number of nitrogens with one attached hydrogen (secondary N) is 2. The Hall–Kier alpha value is -3.53. The van der Waals surface area contributed by atoms with Crippen molar-refractivity contribution in [3.05, 3.63) is 59.9 Å². The van der Waals surface area contributed by atoms with Crippen molar-refractivity contribution in [1.82, 2.24) is 20.1 Å². The summed E-state index contributed by atoms with van der Waals surface area (Å²) in [5.41, 5.74) is 1.88. The van der Waals surface area contributed by atoms with Gasteiger partial charge in [-0.05, 0) is 42.7 Å². The highest BCUT2D eigenvalue weighted by Crippen LogP contribution is 2.20. The van der Waals surface area contributed by atoms with Gasteiger partial charge in [-0.1, -0.05) is 43.8 Å². The van der Waals surface area contributed by atoms with E-state index >= 15 is 0 Å². The summed E-state index contributed by atoms with van der Waals surface area (Å²) in [5, 5.41) is 14.6. The molecule has 0 saturated carbocycles. The maximum Gasteiger partial charge on any atom is 0.258 e. The van der Waals surface area contributed by atoms with Gasteiger partial charge in [0.25, 0.3) is 5.91 Å². The Morgan fingerprint density at radius 2 is 1.83 bits per heavy atom. The van der Waals surface area contributed by atoms with E-state index in [1.807, 2.05) is 47.9 Å². The molecular weight excluding hydrogens is 466 g/mol. The summed E-state index contributed by atoms with van der Waals surface area (Å²) in [6.07, 6.45) is 0. The molecule has 2 N–H and O–H groups in total. The monoisotopic (exact) mass is 497 g/mol. The highest BCUT2D eigenvalue weighted by molar-refractivity contribution is 7.99. The Balaban J connectivity index is 1.46. The fourth-order valence-electron chi connectivity index (χ4n) is 3.23. The smallest absolute Gasteiger partial charge is 0.258 e. The van der Waals surface area contributed by atoms with Crippen LogP contribution in [0.1, 0.15) is 38.1 Å². The third-order valence-corrected chi connectivity index (χ3v) is 6.12. The van der Waals surface area contributed by atoms with Gasteiger partial charge < -0.3 is 24.7 Å². The molecule has 3 aromatic rings. The molecule has 2 amide bonds. The number of ether oxygens (including phenoxy) is 2. The third kappa shape index (κ3) is 7.74. The summed E-state index contributed by atoms with van der Waals surface area (Å²) in [4.78, 5) is 24.6. The number of amides is 2. The molecule has 9 nitrogen and oxygen atoms in total. The summed E-state index contributed by atoms with van der Waals surface area (Å²) in [6.45, 7) is 6.94. The average molecular weight is 498 g/mol. The first-order chi connectivity index (χ1) is 16.9. The molecule has 1 aromatic heterocycles. The van der Waals surface area contributed by atoms with Crippen LogP contribution in [0.25, 0.3) is 0 Å². The molecule has 0 aliphatic carbocycles. The normalized spacial score (nSPS) is 10.8. The van der Waals surface area contributed by atoms with Crippen molar-refractivity contribution >= 4 is 29.3 Å². The van der Waals surface area contributed by atoms with Crippen molar-refractivity contribution < 1.29 is 19.1 Å². The lowest BCUT2D eigenvalue weighted by Gasteiger charge is -2.10. The van der Waals surface area contributed by atoms with Gasteiger partial charge in [-0.3, -0.25) is 9.59 Å². The largest absolute Gasteiger partial charge is 0.497 e. The topological polar surface area (TPSA) is 107 Å². The van der Waals surface area contributed by atoms with Crippen LogP contribution >= 0.6 is 11.8 Å². The van der Waals surface area contributed by atoms with Crippen LogP contribution in [0.5, 0.6) is 11.5 Å². The molecule has 1 heterocycles. The number of benzene rings is 2. The molecule has 10 heteroatoms. The van der Waals surface area contributed by atoms with Gasteiger partial charge in [0.2, 0.25) is 5.91 Å². The van der Waals surface area contributed by atoms with Gasteiger partial charge in [-0.2, -0.15) is 0 Å². The minimum absolute atomic E-state index is 0.0899. The minimum atomic E-state index is -0.254. The van der Waals surface area contributed by atoms with Crippen LogP contribution in [0.4, 0.5) is 5.69 Å². The van der Waals surface area contributed by atoms with E-state index in [2.05, 4.69) is 34.7 Å². The predicted octanol–water partition coefficient (Wildman–Crippen LogP) is 3.86. The third-order valence-electron chi connectivity index (χ3n) is 5.16. The van der Waals surface area contributed by atoms with Crippen LogP contribution in [-0.2, 0) is 22.7 Å². The predicted molar refractivity (Wildman–Crippen MR) is 136 cm³/mol. The van der Waals surface area contributed by atoms with Gasteiger partial charge in [-0.15, -0.1) is 10.2 Å². The van der Waals surface area contributed by atoms with Gasteiger partial charge in [0, 0.05) is 18.3 Å². The summed E-state index contributed by atoms with van der Waals surface area (Å²) < 4.78 is 12.6. The second kappa shape index (κ2) is 12.8.